The van der Waals surface area contributed by atoms with E-state index in [9.17, 15) is 14.4 Å². The fourth-order valence-electron chi connectivity index (χ4n) is 1.11. The van der Waals surface area contributed by atoms with Crippen LogP contribution in [0.4, 0.5) is 0 Å². The van der Waals surface area contributed by atoms with Crippen molar-refractivity contribution in [2.24, 2.45) is 0 Å². The predicted molar refractivity (Wildman–Crippen MR) is 109 cm³/mol. The van der Waals surface area contributed by atoms with Gasteiger partial charge in [0.2, 0.25) is 0 Å². The molecule has 0 amide bonds. The van der Waals surface area contributed by atoms with Crippen molar-refractivity contribution in [2.75, 3.05) is 13.2 Å². The molecule has 164 valence electrons. The molecule has 0 aromatic heterocycles. The van der Waals surface area contributed by atoms with E-state index in [1.165, 1.54) is 33.1 Å². The van der Waals surface area contributed by atoms with Gasteiger partial charge in [-0.2, -0.15) is 0 Å². The predicted octanol–water partition coefficient (Wildman–Crippen LogP) is 3.25. The zero-order valence-electron chi connectivity index (χ0n) is 17.0. The van der Waals surface area contributed by atoms with Gasteiger partial charge in [-0.05, 0) is 26.7 Å². The average Bonchev–Trinajstić information content (AvgIpc) is 2.62. The van der Waals surface area contributed by atoms with Crippen molar-refractivity contribution < 1.29 is 39.9 Å². The van der Waals surface area contributed by atoms with E-state index in [2.05, 4.69) is 19.7 Å². The van der Waals surface area contributed by atoms with E-state index in [1.807, 2.05) is 0 Å². The van der Waals surface area contributed by atoms with E-state index in [1.54, 1.807) is 0 Å². The Kier molecular flexibility index (Phi) is 31.7. The molecule has 0 aliphatic heterocycles. The molecule has 28 heavy (non-hydrogen) atoms. The Morgan fingerprint density at radius 2 is 0.857 bits per heavy atom. The molecule has 5 N–H and O–H groups in total. The summed E-state index contributed by atoms with van der Waals surface area (Å²) in [6, 6.07) is 0. The number of carboxylic acids is 3. The Bertz CT molecular complexity index is 399. The first-order chi connectivity index (χ1) is 13.0. The van der Waals surface area contributed by atoms with Gasteiger partial charge in [-0.1, -0.05) is 51.8 Å². The van der Waals surface area contributed by atoms with Gasteiger partial charge in [0.15, 0.2) is 0 Å². The molecule has 0 fully saturated rings. The van der Waals surface area contributed by atoms with Crippen LogP contribution in [0.5, 0.6) is 0 Å². The van der Waals surface area contributed by atoms with Crippen molar-refractivity contribution in [3.8, 4) is 0 Å². The number of hydrogen-bond donors (Lipinski definition) is 5. The minimum atomic E-state index is -0.981. The third kappa shape index (κ3) is 49.5. The van der Waals surface area contributed by atoms with Crippen LogP contribution in [-0.2, 0) is 14.4 Å². The summed E-state index contributed by atoms with van der Waals surface area (Å²) < 4.78 is 0. The molecule has 0 heterocycles. The van der Waals surface area contributed by atoms with Gasteiger partial charge in [0, 0.05) is 30.4 Å². The third-order valence-corrected chi connectivity index (χ3v) is 2.72. The molecule has 8 nitrogen and oxygen atoms in total. The topological polar surface area (TPSA) is 152 Å². The highest BCUT2D eigenvalue weighted by atomic mass is 16.4. The molecular formula is C20H36O8. The van der Waals surface area contributed by atoms with Crippen molar-refractivity contribution >= 4 is 17.9 Å². The molecule has 0 bridgehead atoms. The molecule has 0 aromatic rings. The Hall–Kier alpha value is -2.45. The standard InChI is InChI=1S/C9H20O2.2C4H6O2.C3H4O2/c10-8-6-4-2-1-3-5-7-9-11;2*1-3(2)4(5)6;1-2-3(4)5/h10-11H,1-9H2;2*1H2,2H3,(H,5,6);2H,1H2,(H,4,5). The molecule has 0 aliphatic carbocycles. The summed E-state index contributed by atoms with van der Waals surface area (Å²) in [6.45, 7) is 12.8. The molecule has 0 spiro atoms. The third-order valence-electron chi connectivity index (χ3n) is 2.72. The lowest BCUT2D eigenvalue weighted by molar-refractivity contribution is -0.133. The molecule has 0 saturated heterocycles. The Morgan fingerprint density at radius 3 is 0.964 bits per heavy atom. The summed E-state index contributed by atoms with van der Waals surface area (Å²) in [5.74, 6) is -2.85. The van der Waals surface area contributed by atoms with Crippen molar-refractivity contribution in [1.29, 1.82) is 0 Å². The maximum atomic E-state index is 9.60. The summed E-state index contributed by atoms with van der Waals surface area (Å²) in [4.78, 5) is 28.4. The number of aliphatic carboxylic acids is 3. The Morgan fingerprint density at radius 1 is 0.679 bits per heavy atom. The lowest BCUT2D eigenvalue weighted by Crippen LogP contribution is -1.92. The monoisotopic (exact) mass is 404 g/mol. The molecule has 0 rings (SSSR count). The minimum Gasteiger partial charge on any atom is -0.478 e. The number of hydrogen-bond acceptors (Lipinski definition) is 5. The highest BCUT2D eigenvalue weighted by Crippen LogP contribution is 2.06. The van der Waals surface area contributed by atoms with Crippen LogP contribution in [0.15, 0.2) is 37.0 Å². The molecule has 0 saturated carbocycles. The first-order valence-corrected chi connectivity index (χ1v) is 8.82. The summed E-state index contributed by atoms with van der Waals surface area (Å²) in [5.41, 5.74) is 0.352. The minimum absolute atomic E-state index is 0.176. The van der Waals surface area contributed by atoms with E-state index in [4.69, 9.17) is 25.5 Å². The number of aliphatic hydroxyl groups is 2. The number of rotatable bonds is 11. The second-order valence-corrected chi connectivity index (χ2v) is 5.64. The van der Waals surface area contributed by atoms with Crippen LogP contribution >= 0.6 is 0 Å². The molecule has 0 aliphatic rings. The van der Waals surface area contributed by atoms with Gasteiger partial charge in [0.25, 0.3) is 0 Å². The molecule has 0 radical (unpaired) electrons. The van der Waals surface area contributed by atoms with Crippen LogP contribution in [0.25, 0.3) is 0 Å². The zero-order valence-corrected chi connectivity index (χ0v) is 17.0. The first-order valence-electron chi connectivity index (χ1n) is 8.82. The zero-order chi connectivity index (χ0) is 23.0. The number of aliphatic hydroxyl groups excluding tert-OH is 2. The fourth-order valence-corrected chi connectivity index (χ4v) is 1.11. The average molecular weight is 405 g/mol. The van der Waals surface area contributed by atoms with Crippen LogP contribution in [0.1, 0.15) is 58.8 Å². The molecular weight excluding hydrogens is 368 g/mol. The summed E-state index contributed by atoms with van der Waals surface area (Å²) in [5, 5.41) is 40.3. The lowest BCUT2D eigenvalue weighted by Gasteiger charge is -1.98. The van der Waals surface area contributed by atoms with Crippen molar-refractivity contribution in [1.82, 2.24) is 0 Å². The van der Waals surface area contributed by atoms with Crippen LogP contribution in [0.2, 0.25) is 0 Å². The fraction of sp³-hybridized carbons (Fsp3) is 0.550. The van der Waals surface area contributed by atoms with Gasteiger partial charge in [-0.3, -0.25) is 0 Å². The second-order valence-electron chi connectivity index (χ2n) is 5.64. The summed E-state index contributed by atoms with van der Waals surface area (Å²) >= 11 is 0. The van der Waals surface area contributed by atoms with E-state index in [0.717, 1.165) is 31.8 Å². The van der Waals surface area contributed by atoms with Crippen molar-refractivity contribution in [3.63, 3.8) is 0 Å². The Balaban J connectivity index is -0.000000146. The van der Waals surface area contributed by atoms with Gasteiger partial charge < -0.3 is 25.5 Å². The lowest BCUT2D eigenvalue weighted by atomic mass is 10.1. The van der Waals surface area contributed by atoms with Crippen molar-refractivity contribution in [2.45, 2.75) is 58.8 Å². The van der Waals surface area contributed by atoms with Gasteiger partial charge >= 0.3 is 17.9 Å². The molecule has 0 atom stereocenters. The van der Waals surface area contributed by atoms with Crippen molar-refractivity contribution in [3.05, 3.63) is 37.0 Å². The van der Waals surface area contributed by atoms with E-state index in [0.29, 0.717) is 13.2 Å². The number of unbranched alkanes of at least 4 members (excludes halogenated alkanes) is 6. The number of carboxylic acid groups (broad SMARTS) is 3. The van der Waals surface area contributed by atoms with E-state index < -0.39 is 17.9 Å². The first kappa shape index (κ1) is 33.2. The summed E-state index contributed by atoms with van der Waals surface area (Å²) in [7, 11) is 0. The van der Waals surface area contributed by atoms with Crippen LogP contribution < -0.4 is 0 Å². The number of carbonyl (C=O) groups is 3. The second kappa shape index (κ2) is 26.8. The molecule has 0 unspecified atom stereocenters. The van der Waals surface area contributed by atoms with Gasteiger partial charge in [0.05, 0.1) is 0 Å². The highest BCUT2D eigenvalue weighted by molar-refractivity contribution is 5.85. The van der Waals surface area contributed by atoms with Gasteiger partial charge in [-0.15, -0.1) is 0 Å². The van der Waals surface area contributed by atoms with E-state index >= 15 is 0 Å². The molecule has 0 aromatic carbocycles. The quantitative estimate of drug-likeness (QED) is 0.260. The maximum Gasteiger partial charge on any atom is 0.330 e. The largest absolute Gasteiger partial charge is 0.478 e. The van der Waals surface area contributed by atoms with E-state index in [-0.39, 0.29) is 11.1 Å². The smallest absolute Gasteiger partial charge is 0.330 e. The van der Waals surface area contributed by atoms with Crippen LogP contribution in [0, 0.1) is 0 Å². The molecule has 8 heteroatoms. The highest BCUT2D eigenvalue weighted by Gasteiger charge is 1.91. The van der Waals surface area contributed by atoms with Crippen LogP contribution in [-0.4, -0.2) is 56.7 Å². The van der Waals surface area contributed by atoms with Gasteiger partial charge in [0.1, 0.15) is 0 Å². The van der Waals surface area contributed by atoms with Gasteiger partial charge in [-0.25, -0.2) is 14.4 Å². The summed E-state index contributed by atoms with van der Waals surface area (Å²) in [6.07, 6.45) is 8.73. The Labute approximate surface area is 167 Å². The SMILES string of the molecule is C=C(C)C(=O)O.C=C(C)C(=O)O.C=CC(=O)O.OCCCCCCCCCO. The maximum absolute atomic E-state index is 9.60. The van der Waals surface area contributed by atoms with Crippen LogP contribution in [0.3, 0.4) is 0 Å². The normalized spacial score (nSPS) is 8.43.